The largest absolute Gasteiger partial charge is 0.389 e. The van der Waals surface area contributed by atoms with Crippen LogP contribution in [0.4, 0.5) is 0 Å². The molecule has 0 aromatic rings. The van der Waals surface area contributed by atoms with Crippen molar-refractivity contribution in [3.05, 3.63) is 23.8 Å². The van der Waals surface area contributed by atoms with Gasteiger partial charge in [-0.2, -0.15) is 0 Å². The molecule has 1 rings (SSSR count). The molecule has 2 nitrogen and oxygen atoms in total. The Hall–Kier alpha value is -0.890. The summed E-state index contributed by atoms with van der Waals surface area (Å²) < 4.78 is 0. The lowest BCUT2D eigenvalue weighted by Gasteiger charge is -2.18. The predicted molar refractivity (Wildman–Crippen MR) is 61.5 cm³/mol. The van der Waals surface area contributed by atoms with Crippen LogP contribution in [0.5, 0.6) is 0 Å². The normalized spacial score (nSPS) is 23.1. The van der Waals surface area contributed by atoms with E-state index in [-0.39, 0.29) is 12.0 Å². The highest BCUT2D eigenvalue weighted by atomic mass is 16.3. The van der Waals surface area contributed by atoms with Crippen LogP contribution in [0.15, 0.2) is 23.8 Å². The number of rotatable bonds is 5. The Morgan fingerprint density at radius 1 is 1.80 bits per heavy atom. The average Bonchev–Trinajstić information content (AvgIpc) is 2.26. The zero-order chi connectivity index (χ0) is 11.3. The third-order valence-corrected chi connectivity index (χ3v) is 3.05. The van der Waals surface area contributed by atoms with Gasteiger partial charge in [0.15, 0.2) is 0 Å². The van der Waals surface area contributed by atoms with Crippen LogP contribution in [0, 0.1) is 5.92 Å². The van der Waals surface area contributed by atoms with Crippen LogP contribution in [-0.4, -0.2) is 17.5 Å². The molecular formula is C13H20O2. The van der Waals surface area contributed by atoms with Crippen molar-refractivity contribution in [1.82, 2.24) is 0 Å². The van der Waals surface area contributed by atoms with Crippen molar-refractivity contribution in [2.75, 3.05) is 0 Å². The number of hydrogen-bond donors (Lipinski definition) is 1. The molecule has 0 saturated heterocycles. The number of hydrogen-bond acceptors (Lipinski definition) is 2. The van der Waals surface area contributed by atoms with E-state index in [4.69, 9.17) is 0 Å². The highest BCUT2D eigenvalue weighted by Gasteiger charge is 2.14. The summed E-state index contributed by atoms with van der Waals surface area (Å²) in [6, 6.07) is 0. The Morgan fingerprint density at radius 2 is 2.53 bits per heavy atom. The van der Waals surface area contributed by atoms with Crippen molar-refractivity contribution in [2.45, 2.75) is 45.1 Å². The van der Waals surface area contributed by atoms with Crippen LogP contribution in [0.1, 0.15) is 39.0 Å². The monoisotopic (exact) mass is 208 g/mol. The number of aldehydes is 1. The van der Waals surface area contributed by atoms with Gasteiger partial charge in [0.05, 0.1) is 6.10 Å². The molecule has 0 fully saturated rings. The lowest BCUT2D eigenvalue weighted by atomic mass is 9.88. The molecule has 0 spiro atoms. The number of carbonyl (C=O) groups is 1. The fraction of sp³-hybridized carbons (Fsp3) is 0.615. The third kappa shape index (κ3) is 4.00. The smallest absolute Gasteiger partial charge is 0.123 e. The van der Waals surface area contributed by atoms with Crippen LogP contribution < -0.4 is 0 Å². The maximum absolute atomic E-state index is 10.5. The minimum Gasteiger partial charge on any atom is -0.389 e. The Morgan fingerprint density at radius 3 is 3.00 bits per heavy atom. The topological polar surface area (TPSA) is 37.3 Å². The molecule has 2 heteroatoms. The number of aliphatic hydroxyl groups excluding tert-OH is 1. The molecule has 0 saturated carbocycles. The van der Waals surface area contributed by atoms with Gasteiger partial charge in [-0.15, -0.1) is 0 Å². The van der Waals surface area contributed by atoms with E-state index in [0.717, 1.165) is 44.0 Å². The molecule has 1 aliphatic rings. The second kappa shape index (κ2) is 5.86. The molecule has 0 bridgehead atoms. The van der Waals surface area contributed by atoms with Gasteiger partial charge in [0.1, 0.15) is 6.29 Å². The Bertz CT molecular complexity index is 266. The lowest BCUT2D eigenvalue weighted by Crippen LogP contribution is -2.10. The molecular weight excluding hydrogens is 188 g/mol. The van der Waals surface area contributed by atoms with Crippen LogP contribution in [-0.2, 0) is 4.79 Å². The first-order chi connectivity index (χ1) is 7.13. The van der Waals surface area contributed by atoms with E-state index in [0.29, 0.717) is 0 Å². The van der Waals surface area contributed by atoms with E-state index in [1.165, 1.54) is 5.57 Å². The Kier molecular flexibility index (Phi) is 4.76. The van der Waals surface area contributed by atoms with Crippen LogP contribution in [0.3, 0.4) is 0 Å². The van der Waals surface area contributed by atoms with Crippen molar-refractivity contribution in [3.8, 4) is 0 Å². The zero-order valence-corrected chi connectivity index (χ0v) is 9.41. The third-order valence-electron chi connectivity index (χ3n) is 3.05. The van der Waals surface area contributed by atoms with Gasteiger partial charge in [-0.25, -0.2) is 0 Å². The molecule has 2 unspecified atom stereocenters. The van der Waals surface area contributed by atoms with Gasteiger partial charge in [0.25, 0.3) is 0 Å². The average molecular weight is 208 g/mol. The van der Waals surface area contributed by atoms with E-state index < -0.39 is 0 Å². The second-order valence-corrected chi connectivity index (χ2v) is 4.43. The number of allylic oxidation sites excluding steroid dienone is 2. The van der Waals surface area contributed by atoms with Crippen molar-refractivity contribution < 1.29 is 9.90 Å². The Labute approximate surface area is 91.7 Å². The molecule has 1 aliphatic carbocycles. The molecule has 0 radical (unpaired) electrons. The van der Waals surface area contributed by atoms with E-state index in [1.807, 2.05) is 6.92 Å². The summed E-state index contributed by atoms with van der Waals surface area (Å²) >= 11 is 0. The maximum atomic E-state index is 10.5. The summed E-state index contributed by atoms with van der Waals surface area (Å²) in [6.07, 6.45) is 7.37. The molecule has 15 heavy (non-hydrogen) atoms. The quantitative estimate of drug-likeness (QED) is 0.557. The van der Waals surface area contributed by atoms with Gasteiger partial charge in [0, 0.05) is 5.92 Å². The van der Waals surface area contributed by atoms with Crippen LogP contribution in [0.2, 0.25) is 0 Å². The van der Waals surface area contributed by atoms with E-state index in [9.17, 15) is 9.90 Å². The lowest BCUT2D eigenvalue weighted by molar-refractivity contribution is -0.111. The minimum absolute atomic E-state index is 0.222. The summed E-state index contributed by atoms with van der Waals surface area (Å²) in [7, 11) is 0. The van der Waals surface area contributed by atoms with E-state index in [2.05, 4.69) is 12.7 Å². The van der Waals surface area contributed by atoms with Gasteiger partial charge < -0.3 is 9.90 Å². The molecule has 84 valence electrons. The standard InChI is InChI=1S/C13H20O2/c1-10(2)13(15)8-7-11-3-5-12(9-14)6-4-11/h3,9,12-13,15H,1,4-8H2,2H3. The number of aliphatic hydroxyl groups is 1. The summed E-state index contributed by atoms with van der Waals surface area (Å²) in [5.41, 5.74) is 2.21. The first kappa shape index (κ1) is 12.2. The van der Waals surface area contributed by atoms with Gasteiger partial charge in [-0.1, -0.05) is 23.8 Å². The minimum atomic E-state index is -0.380. The van der Waals surface area contributed by atoms with Gasteiger partial charge in [-0.05, 0) is 39.0 Å². The molecule has 0 aromatic heterocycles. The molecule has 0 amide bonds. The summed E-state index contributed by atoms with van der Waals surface area (Å²) in [6.45, 7) is 5.58. The van der Waals surface area contributed by atoms with Crippen molar-refractivity contribution in [2.24, 2.45) is 5.92 Å². The summed E-state index contributed by atoms with van der Waals surface area (Å²) in [4.78, 5) is 10.5. The fourth-order valence-electron chi connectivity index (χ4n) is 1.83. The highest BCUT2D eigenvalue weighted by molar-refractivity contribution is 5.54. The van der Waals surface area contributed by atoms with Crippen LogP contribution in [0.25, 0.3) is 0 Å². The Balaban J connectivity index is 2.31. The van der Waals surface area contributed by atoms with Gasteiger partial charge >= 0.3 is 0 Å². The first-order valence-corrected chi connectivity index (χ1v) is 5.60. The van der Waals surface area contributed by atoms with Gasteiger partial charge in [0.2, 0.25) is 0 Å². The molecule has 1 N–H and O–H groups in total. The second-order valence-electron chi connectivity index (χ2n) is 4.43. The number of carbonyl (C=O) groups excluding carboxylic acids is 1. The SMILES string of the molecule is C=C(C)C(O)CCC1=CCC(C=O)CC1. The van der Waals surface area contributed by atoms with Crippen molar-refractivity contribution in [1.29, 1.82) is 0 Å². The summed E-state index contributed by atoms with van der Waals surface area (Å²) in [5.74, 6) is 0.222. The van der Waals surface area contributed by atoms with Gasteiger partial charge in [-0.3, -0.25) is 0 Å². The van der Waals surface area contributed by atoms with E-state index >= 15 is 0 Å². The predicted octanol–water partition coefficient (Wildman–Crippen LogP) is 2.63. The molecule has 0 aliphatic heterocycles. The molecule has 0 heterocycles. The highest BCUT2D eigenvalue weighted by Crippen LogP contribution is 2.25. The maximum Gasteiger partial charge on any atom is 0.123 e. The van der Waals surface area contributed by atoms with E-state index in [1.54, 1.807) is 0 Å². The van der Waals surface area contributed by atoms with Crippen LogP contribution >= 0.6 is 0 Å². The molecule has 2 atom stereocenters. The first-order valence-electron chi connectivity index (χ1n) is 5.60. The summed E-state index contributed by atoms with van der Waals surface area (Å²) in [5, 5.41) is 9.57. The fourth-order valence-corrected chi connectivity index (χ4v) is 1.83. The van der Waals surface area contributed by atoms with Crippen molar-refractivity contribution >= 4 is 6.29 Å². The van der Waals surface area contributed by atoms with Crippen molar-refractivity contribution in [3.63, 3.8) is 0 Å². The zero-order valence-electron chi connectivity index (χ0n) is 9.41. The molecule has 0 aromatic carbocycles.